The molecule has 8 heteroatoms. The minimum Gasteiger partial charge on any atom is -0.378 e. The number of hydrogen-bond donors (Lipinski definition) is 1. The summed E-state index contributed by atoms with van der Waals surface area (Å²) in [5.41, 5.74) is 0.416. The zero-order valence-electron chi connectivity index (χ0n) is 14.2. The molecule has 0 radical (unpaired) electrons. The van der Waals surface area contributed by atoms with Crippen LogP contribution in [-0.4, -0.2) is 44.4 Å². The van der Waals surface area contributed by atoms with Gasteiger partial charge in [0.25, 0.3) is 5.91 Å². The standard InChI is InChI=1S/C18H19FN2O4S/c1-13-12-25-11-10-21(13)26(23,24)17-5-3-2-4-16(17)20-18(22)14-6-8-15(19)9-7-14/h2-9,13H,10-12H2,1H3,(H,20,22). The molecule has 1 saturated heterocycles. The second kappa shape index (κ2) is 7.53. The van der Waals surface area contributed by atoms with Gasteiger partial charge in [-0.3, -0.25) is 4.79 Å². The van der Waals surface area contributed by atoms with Crippen molar-refractivity contribution in [2.75, 3.05) is 25.1 Å². The zero-order chi connectivity index (χ0) is 18.7. The fourth-order valence-electron chi connectivity index (χ4n) is 2.79. The Balaban J connectivity index is 1.90. The van der Waals surface area contributed by atoms with Crippen molar-refractivity contribution in [1.29, 1.82) is 0 Å². The maximum atomic E-state index is 13.1. The number of nitrogens with one attached hydrogen (secondary N) is 1. The maximum absolute atomic E-state index is 13.1. The topological polar surface area (TPSA) is 75.7 Å². The van der Waals surface area contributed by atoms with E-state index in [1.165, 1.54) is 40.7 Å². The van der Waals surface area contributed by atoms with E-state index in [4.69, 9.17) is 4.74 Å². The van der Waals surface area contributed by atoms with Gasteiger partial charge >= 0.3 is 0 Å². The van der Waals surface area contributed by atoms with Gasteiger partial charge in [-0.05, 0) is 43.3 Å². The van der Waals surface area contributed by atoms with Crippen LogP contribution in [0.4, 0.5) is 10.1 Å². The molecule has 0 saturated carbocycles. The van der Waals surface area contributed by atoms with E-state index in [2.05, 4.69) is 5.32 Å². The predicted molar refractivity (Wildman–Crippen MR) is 95.0 cm³/mol. The number of hydrogen-bond acceptors (Lipinski definition) is 4. The van der Waals surface area contributed by atoms with E-state index in [0.717, 1.165) is 0 Å². The number of morpholine rings is 1. The number of para-hydroxylation sites is 1. The Morgan fingerprint density at radius 3 is 2.58 bits per heavy atom. The van der Waals surface area contributed by atoms with Gasteiger partial charge in [-0.2, -0.15) is 4.31 Å². The third-order valence-electron chi connectivity index (χ3n) is 4.13. The number of rotatable bonds is 4. The highest BCUT2D eigenvalue weighted by molar-refractivity contribution is 7.89. The van der Waals surface area contributed by atoms with E-state index in [0.29, 0.717) is 13.2 Å². The van der Waals surface area contributed by atoms with Crippen LogP contribution in [0, 0.1) is 5.82 Å². The molecule has 138 valence electrons. The molecule has 1 amide bonds. The van der Waals surface area contributed by atoms with Crippen LogP contribution >= 0.6 is 0 Å². The summed E-state index contributed by atoms with van der Waals surface area (Å²) in [6.45, 7) is 2.68. The Labute approximate surface area is 151 Å². The van der Waals surface area contributed by atoms with Crippen molar-refractivity contribution in [3.8, 4) is 0 Å². The van der Waals surface area contributed by atoms with Crippen molar-refractivity contribution in [3.63, 3.8) is 0 Å². The van der Waals surface area contributed by atoms with Crippen LogP contribution in [0.3, 0.4) is 0 Å². The SMILES string of the molecule is CC1COCCN1S(=O)(=O)c1ccccc1NC(=O)c1ccc(F)cc1. The van der Waals surface area contributed by atoms with Gasteiger partial charge in [0.15, 0.2) is 0 Å². The molecule has 2 aromatic rings. The third-order valence-corrected chi connectivity index (χ3v) is 6.21. The summed E-state index contributed by atoms with van der Waals surface area (Å²) in [5, 5.41) is 2.61. The molecule has 1 N–H and O–H groups in total. The van der Waals surface area contributed by atoms with Crippen LogP contribution in [0.25, 0.3) is 0 Å². The van der Waals surface area contributed by atoms with E-state index < -0.39 is 21.7 Å². The van der Waals surface area contributed by atoms with Crippen molar-refractivity contribution in [2.45, 2.75) is 17.9 Å². The first-order chi connectivity index (χ1) is 12.4. The van der Waals surface area contributed by atoms with Crippen LogP contribution in [0.1, 0.15) is 17.3 Å². The number of benzene rings is 2. The highest BCUT2D eigenvalue weighted by atomic mass is 32.2. The average molecular weight is 378 g/mol. The van der Waals surface area contributed by atoms with Crippen LogP contribution in [-0.2, 0) is 14.8 Å². The van der Waals surface area contributed by atoms with Crippen molar-refractivity contribution in [1.82, 2.24) is 4.31 Å². The minimum atomic E-state index is -3.80. The predicted octanol–water partition coefficient (Wildman–Crippen LogP) is 2.49. The summed E-state index contributed by atoms with van der Waals surface area (Å²) in [7, 11) is -3.80. The lowest BCUT2D eigenvalue weighted by molar-refractivity contribution is 0.0393. The molecule has 1 fully saturated rings. The molecule has 0 spiro atoms. The summed E-state index contributed by atoms with van der Waals surface area (Å²) in [4.78, 5) is 12.4. The van der Waals surface area contributed by atoms with E-state index in [-0.39, 0.29) is 28.7 Å². The van der Waals surface area contributed by atoms with Crippen LogP contribution < -0.4 is 5.32 Å². The van der Waals surface area contributed by atoms with Gasteiger partial charge in [0.2, 0.25) is 10.0 Å². The largest absolute Gasteiger partial charge is 0.378 e. The number of ether oxygens (including phenoxy) is 1. The number of halogens is 1. The average Bonchev–Trinajstić information content (AvgIpc) is 2.63. The zero-order valence-corrected chi connectivity index (χ0v) is 15.0. The lowest BCUT2D eigenvalue weighted by Gasteiger charge is -2.32. The molecule has 0 aliphatic carbocycles. The summed E-state index contributed by atoms with van der Waals surface area (Å²) < 4.78 is 45.8. The fraction of sp³-hybridized carbons (Fsp3) is 0.278. The Kier molecular flexibility index (Phi) is 5.36. The molecule has 2 aromatic carbocycles. The van der Waals surface area contributed by atoms with Crippen molar-refractivity contribution >= 4 is 21.6 Å². The summed E-state index contributed by atoms with van der Waals surface area (Å²) >= 11 is 0. The number of nitrogens with zero attached hydrogens (tertiary/aromatic N) is 1. The molecule has 1 aliphatic heterocycles. The second-order valence-corrected chi connectivity index (χ2v) is 7.86. The van der Waals surface area contributed by atoms with Gasteiger partial charge in [0.1, 0.15) is 10.7 Å². The Morgan fingerprint density at radius 1 is 1.19 bits per heavy atom. The van der Waals surface area contributed by atoms with E-state index in [1.54, 1.807) is 19.1 Å². The number of amides is 1. The molecule has 26 heavy (non-hydrogen) atoms. The van der Waals surface area contributed by atoms with Crippen molar-refractivity contribution in [3.05, 3.63) is 59.9 Å². The molecule has 0 aromatic heterocycles. The number of carbonyl (C=O) groups is 1. The first-order valence-electron chi connectivity index (χ1n) is 8.15. The molecule has 3 rings (SSSR count). The molecule has 0 bridgehead atoms. The van der Waals surface area contributed by atoms with Gasteiger partial charge in [-0.15, -0.1) is 0 Å². The first-order valence-corrected chi connectivity index (χ1v) is 9.59. The molecular weight excluding hydrogens is 359 g/mol. The summed E-state index contributed by atoms with van der Waals surface area (Å²) in [6.07, 6.45) is 0. The molecule has 1 aliphatic rings. The molecular formula is C18H19FN2O4S. The minimum absolute atomic E-state index is 0.0178. The first kappa shape index (κ1) is 18.5. The lowest BCUT2D eigenvalue weighted by atomic mass is 10.2. The van der Waals surface area contributed by atoms with Gasteiger partial charge in [-0.25, -0.2) is 12.8 Å². The van der Waals surface area contributed by atoms with E-state index >= 15 is 0 Å². The maximum Gasteiger partial charge on any atom is 0.255 e. The van der Waals surface area contributed by atoms with Crippen molar-refractivity contribution in [2.24, 2.45) is 0 Å². The van der Waals surface area contributed by atoms with Crippen LogP contribution in [0.15, 0.2) is 53.4 Å². The highest BCUT2D eigenvalue weighted by Crippen LogP contribution is 2.27. The van der Waals surface area contributed by atoms with E-state index in [9.17, 15) is 17.6 Å². The Hall–Kier alpha value is -2.29. The smallest absolute Gasteiger partial charge is 0.255 e. The molecule has 6 nitrogen and oxygen atoms in total. The van der Waals surface area contributed by atoms with Gasteiger partial charge in [0.05, 0.1) is 18.9 Å². The number of anilines is 1. The van der Waals surface area contributed by atoms with Crippen molar-refractivity contribution < 1.29 is 22.3 Å². The van der Waals surface area contributed by atoms with E-state index in [1.807, 2.05) is 0 Å². The number of sulfonamides is 1. The number of carbonyl (C=O) groups excluding carboxylic acids is 1. The molecule has 1 heterocycles. The van der Waals surface area contributed by atoms with Crippen LogP contribution in [0.2, 0.25) is 0 Å². The second-order valence-electron chi connectivity index (χ2n) is 6.00. The highest BCUT2D eigenvalue weighted by Gasteiger charge is 2.33. The Morgan fingerprint density at radius 2 is 1.88 bits per heavy atom. The monoisotopic (exact) mass is 378 g/mol. The summed E-state index contributed by atoms with van der Waals surface area (Å²) in [6, 6.07) is 11.0. The molecule has 1 unspecified atom stereocenters. The quantitative estimate of drug-likeness (QED) is 0.887. The summed E-state index contributed by atoms with van der Waals surface area (Å²) in [5.74, 6) is -0.964. The van der Waals surface area contributed by atoms with Crippen LogP contribution in [0.5, 0.6) is 0 Å². The van der Waals surface area contributed by atoms with Gasteiger partial charge < -0.3 is 10.1 Å². The third kappa shape index (κ3) is 3.77. The lowest BCUT2D eigenvalue weighted by Crippen LogP contribution is -2.47. The fourth-order valence-corrected chi connectivity index (χ4v) is 4.54. The van der Waals surface area contributed by atoms with Gasteiger partial charge in [-0.1, -0.05) is 12.1 Å². The normalized spacial score (nSPS) is 18.5. The van der Waals surface area contributed by atoms with Gasteiger partial charge in [0, 0.05) is 18.2 Å². The Bertz CT molecular complexity index is 900. The molecule has 1 atom stereocenters.